The number of rotatable bonds is 6. The van der Waals surface area contributed by atoms with Gasteiger partial charge in [0.05, 0.1) is 0 Å². The average Bonchev–Trinajstić information content (AvgIpc) is 2.61. The zero-order valence-corrected chi connectivity index (χ0v) is 12.4. The van der Waals surface area contributed by atoms with Gasteiger partial charge in [0.15, 0.2) is 0 Å². The molecule has 0 aliphatic heterocycles. The van der Waals surface area contributed by atoms with Crippen LogP contribution in [0.2, 0.25) is 0 Å². The van der Waals surface area contributed by atoms with Crippen molar-refractivity contribution >= 4 is 0 Å². The summed E-state index contributed by atoms with van der Waals surface area (Å²) in [5.74, 6) is 0. The van der Waals surface area contributed by atoms with Crippen LogP contribution >= 0.6 is 0 Å². The maximum absolute atomic E-state index is 4.05. The second-order valence-corrected chi connectivity index (χ2v) is 5.24. The van der Waals surface area contributed by atoms with Crippen molar-refractivity contribution in [1.82, 2.24) is 15.3 Å². The SMILES string of the molecule is c1ccc(CNCCc2ccc(-c3cncnc3)cc2)cc1. The normalized spacial score (nSPS) is 10.5. The van der Waals surface area contributed by atoms with E-state index in [1.54, 1.807) is 6.33 Å². The molecule has 0 atom stereocenters. The maximum atomic E-state index is 4.05. The van der Waals surface area contributed by atoms with Crippen LogP contribution in [-0.4, -0.2) is 16.5 Å². The van der Waals surface area contributed by atoms with Crippen molar-refractivity contribution in [2.24, 2.45) is 0 Å². The van der Waals surface area contributed by atoms with Gasteiger partial charge in [-0.25, -0.2) is 9.97 Å². The van der Waals surface area contributed by atoms with E-state index in [-0.39, 0.29) is 0 Å². The summed E-state index contributed by atoms with van der Waals surface area (Å²) >= 11 is 0. The van der Waals surface area contributed by atoms with Gasteiger partial charge in [0.2, 0.25) is 0 Å². The Morgan fingerprint density at radius 2 is 1.45 bits per heavy atom. The highest BCUT2D eigenvalue weighted by molar-refractivity contribution is 5.61. The van der Waals surface area contributed by atoms with E-state index in [1.165, 1.54) is 11.1 Å². The molecule has 0 aliphatic rings. The third-order valence-electron chi connectivity index (χ3n) is 3.61. The highest BCUT2D eigenvalue weighted by atomic mass is 14.8. The van der Waals surface area contributed by atoms with E-state index in [0.717, 1.165) is 30.6 Å². The molecule has 0 spiro atoms. The van der Waals surface area contributed by atoms with Gasteiger partial charge in [-0.15, -0.1) is 0 Å². The molecule has 3 rings (SSSR count). The van der Waals surface area contributed by atoms with Gasteiger partial charge in [0.1, 0.15) is 6.33 Å². The standard InChI is InChI=1S/C19H19N3/c1-2-4-17(5-3-1)12-20-11-10-16-6-8-18(9-7-16)19-13-21-15-22-14-19/h1-9,13-15,20H,10-12H2. The van der Waals surface area contributed by atoms with E-state index in [4.69, 9.17) is 0 Å². The first-order chi connectivity index (χ1) is 10.9. The number of hydrogen-bond donors (Lipinski definition) is 1. The molecule has 0 aliphatic carbocycles. The van der Waals surface area contributed by atoms with Crippen molar-refractivity contribution in [2.75, 3.05) is 6.54 Å². The molecule has 1 aromatic heterocycles. The summed E-state index contributed by atoms with van der Waals surface area (Å²) in [6.45, 7) is 1.89. The quantitative estimate of drug-likeness (QED) is 0.706. The van der Waals surface area contributed by atoms with Crippen LogP contribution in [0.4, 0.5) is 0 Å². The molecule has 22 heavy (non-hydrogen) atoms. The minimum Gasteiger partial charge on any atom is -0.312 e. The highest BCUT2D eigenvalue weighted by Crippen LogP contribution is 2.17. The van der Waals surface area contributed by atoms with Crippen LogP contribution in [0.3, 0.4) is 0 Å². The fourth-order valence-electron chi connectivity index (χ4n) is 2.37. The molecule has 3 heteroatoms. The second-order valence-electron chi connectivity index (χ2n) is 5.24. The third kappa shape index (κ3) is 3.99. The fraction of sp³-hybridized carbons (Fsp3) is 0.158. The van der Waals surface area contributed by atoms with E-state index in [1.807, 2.05) is 18.5 Å². The lowest BCUT2D eigenvalue weighted by molar-refractivity contribution is 0.687. The first-order valence-corrected chi connectivity index (χ1v) is 7.51. The van der Waals surface area contributed by atoms with Gasteiger partial charge in [0.25, 0.3) is 0 Å². The predicted octanol–water partition coefficient (Wildman–Crippen LogP) is 3.48. The lowest BCUT2D eigenvalue weighted by atomic mass is 10.1. The summed E-state index contributed by atoms with van der Waals surface area (Å²) in [5.41, 5.74) is 4.86. The van der Waals surface area contributed by atoms with Crippen molar-refractivity contribution in [3.63, 3.8) is 0 Å². The van der Waals surface area contributed by atoms with Gasteiger partial charge in [0, 0.05) is 24.5 Å². The summed E-state index contributed by atoms with van der Waals surface area (Å²) in [5, 5.41) is 3.48. The summed E-state index contributed by atoms with van der Waals surface area (Å²) in [6.07, 6.45) is 6.25. The molecule has 3 aromatic rings. The predicted molar refractivity (Wildman–Crippen MR) is 89.3 cm³/mol. The Hall–Kier alpha value is -2.52. The number of nitrogens with zero attached hydrogens (tertiary/aromatic N) is 2. The highest BCUT2D eigenvalue weighted by Gasteiger charge is 1.99. The van der Waals surface area contributed by atoms with Crippen molar-refractivity contribution < 1.29 is 0 Å². The third-order valence-corrected chi connectivity index (χ3v) is 3.61. The molecule has 0 saturated carbocycles. The van der Waals surface area contributed by atoms with Gasteiger partial charge < -0.3 is 5.32 Å². The maximum Gasteiger partial charge on any atom is 0.115 e. The smallest absolute Gasteiger partial charge is 0.115 e. The molecule has 1 N–H and O–H groups in total. The molecule has 2 aromatic carbocycles. The molecular formula is C19H19N3. The Bertz CT molecular complexity index is 679. The molecule has 0 radical (unpaired) electrons. The molecule has 1 heterocycles. The van der Waals surface area contributed by atoms with Gasteiger partial charge >= 0.3 is 0 Å². The van der Waals surface area contributed by atoms with Crippen LogP contribution in [0, 0.1) is 0 Å². The molecule has 110 valence electrons. The van der Waals surface area contributed by atoms with Crippen molar-refractivity contribution in [2.45, 2.75) is 13.0 Å². The summed E-state index contributed by atoms with van der Waals surface area (Å²) in [4.78, 5) is 8.10. The second kappa shape index (κ2) is 7.48. The van der Waals surface area contributed by atoms with Crippen LogP contribution in [0.15, 0.2) is 73.3 Å². The van der Waals surface area contributed by atoms with Crippen LogP contribution in [0.1, 0.15) is 11.1 Å². The van der Waals surface area contributed by atoms with E-state index in [2.05, 4.69) is 63.8 Å². The van der Waals surface area contributed by atoms with Gasteiger partial charge in [-0.2, -0.15) is 0 Å². The molecular weight excluding hydrogens is 270 g/mol. The van der Waals surface area contributed by atoms with Gasteiger partial charge in [-0.1, -0.05) is 54.6 Å². The number of hydrogen-bond acceptors (Lipinski definition) is 3. The lowest BCUT2D eigenvalue weighted by Gasteiger charge is -2.06. The van der Waals surface area contributed by atoms with Crippen LogP contribution in [0.5, 0.6) is 0 Å². The largest absolute Gasteiger partial charge is 0.312 e. The molecule has 0 unspecified atom stereocenters. The molecule has 0 saturated heterocycles. The molecule has 3 nitrogen and oxygen atoms in total. The Morgan fingerprint density at radius 3 is 2.18 bits per heavy atom. The minimum atomic E-state index is 0.917. The summed E-state index contributed by atoms with van der Waals surface area (Å²) in [6, 6.07) is 19.1. The minimum absolute atomic E-state index is 0.917. The Balaban J connectivity index is 1.49. The van der Waals surface area contributed by atoms with E-state index in [0.29, 0.717) is 0 Å². The summed E-state index contributed by atoms with van der Waals surface area (Å²) in [7, 11) is 0. The zero-order chi connectivity index (χ0) is 15.0. The van der Waals surface area contributed by atoms with Gasteiger partial charge in [-0.3, -0.25) is 0 Å². The van der Waals surface area contributed by atoms with Crippen molar-refractivity contribution in [3.05, 3.63) is 84.4 Å². The topological polar surface area (TPSA) is 37.8 Å². The Labute approximate surface area is 131 Å². The van der Waals surface area contributed by atoms with Crippen molar-refractivity contribution in [3.8, 4) is 11.1 Å². The molecule has 0 bridgehead atoms. The first-order valence-electron chi connectivity index (χ1n) is 7.51. The summed E-state index contributed by atoms with van der Waals surface area (Å²) < 4.78 is 0. The van der Waals surface area contributed by atoms with Crippen LogP contribution in [0.25, 0.3) is 11.1 Å². The monoisotopic (exact) mass is 289 g/mol. The van der Waals surface area contributed by atoms with Gasteiger partial charge in [-0.05, 0) is 29.7 Å². The molecule has 0 amide bonds. The average molecular weight is 289 g/mol. The number of benzene rings is 2. The zero-order valence-electron chi connectivity index (χ0n) is 12.4. The van der Waals surface area contributed by atoms with E-state index >= 15 is 0 Å². The van der Waals surface area contributed by atoms with Crippen LogP contribution in [-0.2, 0) is 13.0 Å². The Morgan fingerprint density at radius 1 is 0.727 bits per heavy atom. The Kier molecular flexibility index (Phi) is 4.90. The van der Waals surface area contributed by atoms with E-state index < -0.39 is 0 Å². The first kappa shape index (κ1) is 14.4. The lowest BCUT2D eigenvalue weighted by Crippen LogP contribution is -2.16. The molecule has 0 fully saturated rings. The fourth-order valence-corrected chi connectivity index (χ4v) is 2.37. The van der Waals surface area contributed by atoms with E-state index in [9.17, 15) is 0 Å². The number of aromatic nitrogens is 2. The van der Waals surface area contributed by atoms with Crippen LogP contribution < -0.4 is 5.32 Å². The van der Waals surface area contributed by atoms with Crippen molar-refractivity contribution in [1.29, 1.82) is 0 Å². The number of nitrogens with one attached hydrogen (secondary N) is 1.